The number of hydrogen-bond donors (Lipinski definition) is 1. The number of carbonyl (C=O) groups is 2. The van der Waals surface area contributed by atoms with Crippen molar-refractivity contribution >= 4 is 11.8 Å². The second-order valence-electron chi connectivity index (χ2n) is 10.0. The molecule has 2 aliphatic carbocycles. The third kappa shape index (κ3) is 4.10. The molecule has 4 nitrogen and oxygen atoms in total. The molecular weight excluding hydrogens is 374 g/mol. The molecule has 1 aromatic rings. The van der Waals surface area contributed by atoms with Crippen molar-refractivity contribution < 1.29 is 14.3 Å². The Balaban J connectivity index is 1.73. The Morgan fingerprint density at radius 1 is 1.10 bits per heavy atom. The minimum Gasteiger partial charge on any atom is -0.462 e. The largest absolute Gasteiger partial charge is 0.462 e. The van der Waals surface area contributed by atoms with Crippen molar-refractivity contribution in [3.8, 4) is 0 Å². The first-order valence-electron chi connectivity index (χ1n) is 11.2. The van der Waals surface area contributed by atoms with E-state index in [1.165, 1.54) is 6.42 Å². The van der Waals surface area contributed by atoms with Gasteiger partial charge in [0.15, 0.2) is 5.78 Å². The zero-order valence-electron chi connectivity index (χ0n) is 18.4. The molecule has 1 N–H and O–H groups in total. The minimum atomic E-state index is -0.585. The van der Waals surface area contributed by atoms with E-state index in [1.807, 2.05) is 31.2 Å². The molecule has 0 saturated heterocycles. The molecule has 2 atom stereocenters. The first kappa shape index (κ1) is 20.9. The summed E-state index contributed by atoms with van der Waals surface area (Å²) in [4.78, 5) is 26.7. The Hall–Kier alpha value is -2.36. The van der Waals surface area contributed by atoms with E-state index in [1.54, 1.807) is 0 Å². The minimum absolute atomic E-state index is 0.0194. The maximum absolute atomic E-state index is 13.4. The summed E-state index contributed by atoms with van der Waals surface area (Å²) in [5.74, 6) is -1.05. The van der Waals surface area contributed by atoms with Crippen molar-refractivity contribution in [2.45, 2.75) is 77.7 Å². The number of aryl methyl sites for hydroxylation is 1. The molecule has 4 heteroatoms. The smallest absolute Gasteiger partial charge is 0.316 e. The highest BCUT2D eigenvalue weighted by molar-refractivity contribution is 6.00. The van der Waals surface area contributed by atoms with Crippen LogP contribution < -0.4 is 5.32 Å². The van der Waals surface area contributed by atoms with Gasteiger partial charge in [0.1, 0.15) is 12.0 Å². The molecule has 1 heterocycles. The van der Waals surface area contributed by atoms with Crippen LogP contribution in [0.3, 0.4) is 0 Å². The van der Waals surface area contributed by atoms with Gasteiger partial charge in [0.05, 0.1) is 0 Å². The lowest BCUT2D eigenvalue weighted by molar-refractivity contribution is -0.155. The van der Waals surface area contributed by atoms with Gasteiger partial charge < -0.3 is 10.1 Å². The summed E-state index contributed by atoms with van der Waals surface area (Å²) in [6.07, 6.45) is 6.51. The summed E-state index contributed by atoms with van der Waals surface area (Å²) in [7, 11) is 0. The molecule has 0 spiro atoms. The van der Waals surface area contributed by atoms with Crippen molar-refractivity contribution in [3.63, 3.8) is 0 Å². The van der Waals surface area contributed by atoms with E-state index in [0.717, 1.165) is 54.5 Å². The Bertz CT molecular complexity index is 887. The van der Waals surface area contributed by atoms with Gasteiger partial charge in [0.25, 0.3) is 0 Å². The molecular formula is C26H33NO3. The highest BCUT2D eigenvalue weighted by Gasteiger charge is 2.47. The summed E-state index contributed by atoms with van der Waals surface area (Å²) in [5.41, 5.74) is 4.35. The van der Waals surface area contributed by atoms with Gasteiger partial charge in [-0.3, -0.25) is 9.59 Å². The van der Waals surface area contributed by atoms with Crippen molar-refractivity contribution in [2.75, 3.05) is 0 Å². The van der Waals surface area contributed by atoms with Gasteiger partial charge in [-0.25, -0.2) is 0 Å². The molecule has 1 aromatic carbocycles. The lowest BCUT2D eigenvalue weighted by Gasteiger charge is -2.42. The van der Waals surface area contributed by atoms with Crippen molar-refractivity contribution in [1.82, 2.24) is 5.32 Å². The van der Waals surface area contributed by atoms with E-state index in [4.69, 9.17) is 4.74 Å². The molecule has 1 fully saturated rings. The Morgan fingerprint density at radius 2 is 1.77 bits per heavy atom. The van der Waals surface area contributed by atoms with Crippen LogP contribution in [0.4, 0.5) is 0 Å². The third-order valence-corrected chi connectivity index (χ3v) is 6.78. The van der Waals surface area contributed by atoms with E-state index in [0.29, 0.717) is 12.1 Å². The van der Waals surface area contributed by atoms with Gasteiger partial charge in [-0.05, 0) is 50.0 Å². The second kappa shape index (κ2) is 8.05. The first-order chi connectivity index (χ1) is 14.2. The van der Waals surface area contributed by atoms with Crippen molar-refractivity contribution in [2.24, 2.45) is 11.3 Å². The fourth-order valence-electron chi connectivity index (χ4n) is 5.28. The van der Waals surface area contributed by atoms with Crippen molar-refractivity contribution in [3.05, 3.63) is 58.9 Å². The number of rotatable bonds is 3. The Morgan fingerprint density at radius 3 is 2.43 bits per heavy atom. The lowest BCUT2D eigenvalue weighted by atomic mass is 9.66. The van der Waals surface area contributed by atoms with E-state index < -0.39 is 5.92 Å². The summed E-state index contributed by atoms with van der Waals surface area (Å²) >= 11 is 0. The molecule has 0 radical (unpaired) electrons. The van der Waals surface area contributed by atoms with Crippen molar-refractivity contribution in [1.29, 1.82) is 0 Å². The molecule has 2 unspecified atom stereocenters. The molecule has 1 aliphatic heterocycles. The van der Waals surface area contributed by atoms with Crippen LogP contribution in [-0.4, -0.2) is 17.9 Å². The van der Waals surface area contributed by atoms with E-state index >= 15 is 0 Å². The van der Waals surface area contributed by atoms with Gasteiger partial charge in [0.2, 0.25) is 0 Å². The summed E-state index contributed by atoms with van der Waals surface area (Å²) in [5, 5.41) is 3.35. The predicted molar refractivity (Wildman–Crippen MR) is 118 cm³/mol. The second-order valence-corrected chi connectivity index (χ2v) is 10.0. The number of Topliss-reactive ketones (excluding diaryl/α,β-unsaturated/α-hetero) is 1. The number of benzene rings is 1. The van der Waals surface area contributed by atoms with Crippen LogP contribution in [0.15, 0.2) is 47.8 Å². The monoisotopic (exact) mass is 407 g/mol. The zero-order chi connectivity index (χ0) is 21.5. The van der Waals surface area contributed by atoms with Crippen LogP contribution in [0, 0.1) is 18.3 Å². The number of carbonyl (C=O) groups excluding carboxylic acids is 2. The summed E-state index contributed by atoms with van der Waals surface area (Å²) in [6.45, 7) is 10.5. The number of allylic oxidation sites excluding steroid dienone is 2. The summed E-state index contributed by atoms with van der Waals surface area (Å²) < 4.78 is 5.96. The maximum atomic E-state index is 13.4. The van der Waals surface area contributed by atoms with Gasteiger partial charge in [-0.15, -0.1) is 0 Å². The fourth-order valence-corrected chi connectivity index (χ4v) is 5.28. The highest BCUT2D eigenvalue weighted by atomic mass is 16.5. The van der Waals surface area contributed by atoms with Crippen LogP contribution >= 0.6 is 0 Å². The average Bonchev–Trinajstić information content (AvgIpc) is 2.67. The number of nitrogens with one attached hydrogen (secondary N) is 1. The van der Waals surface area contributed by atoms with Crippen LogP contribution in [-0.2, 0) is 14.3 Å². The molecule has 4 rings (SSSR count). The predicted octanol–water partition coefficient (Wildman–Crippen LogP) is 5.33. The summed E-state index contributed by atoms with van der Waals surface area (Å²) in [6, 6.07) is 8.16. The van der Waals surface area contributed by atoms with Crippen LogP contribution in [0.1, 0.15) is 75.8 Å². The van der Waals surface area contributed by atoms with E-state index in [-0.39, 0.29) is 29.2 Å². The molecule has 160 valence electrons. The molecule has 30 heavy (non-hydrogen) atoms. The van der Waals surface area contributed by atoms with E-state index in [9.17, 15) is 9.59 Å². The number of ether oxygens (including phenoxy) is 1. The number of ketones is 1. The maximum Gasteiger partial charge on any atom is 0.316 e. The molecule has 1 saturated carbocycles. The quantitative estimate of drug-likeness (QED) is 0.688. The number of hydrogen-bond acceptors (Lipinski definition) is 4. The average molecular weight is 408 g/mol. The molecule has 0 aromatic heterocycles. The Labute approximate surface area is 179 Å². The van der Waals surface area contributed by atoms with Crippen LogP contribution in [0.25, 0.3) is 0 Å². The standard InChI is InChI=1S/C26H33NO3/c1-16-10-12-18(13-11-16)23-22(25(29)30-19-8-6-5-7-9-19)17(2)27-20-14-26(3,4)15-21(28)24(20)23/h10-13,19,22-23,27H,2,5-9,14-15H2,1,3-4H3. The zero-order valence-corrected chi connectivity index (χ0v) is 18.4. The molecule has 0 bridgehead atoms. The number of esters is 1. The van der Waals surface area contributed by atoms with E-state index in [2.05, 4.69) is 25.7 Å². The normalized spacial score (nSPS) is 26.8. The highest BCUT2D eigenvalue weighted by Crippen LogP contribution is 2.48. The SMILES string of the molecule is C=C1NC2=C(C(=O)CC(C)(C)C2)C(c2ccc(C)cc2)C1C(=O)OC1CCCCC1. The Kier molecular flexibility index (Phi) is 5.61. The topological polar surface area (TPSA) is 55.4 Å². The molecule has 3 aliphatic rings. The van der Waals surface area contributed by atoms with Gasteiger partial charge in [0, 0.05) is 29.3 Å². The molecule has 0 amide bonds. The first-order valence-corrected chi connectivity index (χ1v) is 11.2. The van der Waals surface area contributed by atoms with Gasteiger partial charge in [-0.2, -0.15) is 0 Å². The lowest BCUT2D eigenvalue weighted by Crippen LogP contribution is -2.44. The third-order valence-electron chi connectivity index (χ3n) is 6.78. The van der Waals surface area contributed by atoms with Gasteiger partial charge >= 0.3 is 5.97 Å². The van der Waals surface area contributed by atoms with Crippen LogP contribution in [0.5, 0.6) is 0 Å². The van der Waals surface area contributed by atoms with Gasteiger partial charge in [-0.1, -0.05) is 56.7 Å². The fraction of sp³-hybridized carbons (Fsp3) is 0.538. The van der Waals surface area contributed by atoms with Crippen LogP contribution in [0.2, 0.25) is 0 Å².